The number of fused-ring (bicyclic) bond motifs is 3. The lowest BCUT2D eigenvalue weighted by molar-refractivity contribution is -0.00876. The number of pyridine rings is 3. The van der Waals surface area contributed by atoms with Crippen molar-refractivity contribution in [3.8, 4) is 41.2 Å². The molecule has 0 amide bonds. The molecule has 10 heteroatoms. The molecule has 7 rings (SSSR count). The summed E-state index contributed by atoms with van der Waals surface area (Å²) >= 11 is 0. The lowest BCUT2D eigenvalue weighted by Crippen LogP contribution is -2.68. The summed E-state index contributed by atoms with van der Waals surface area (Å²) in [6, 6.07) is 13.0. The average molecular weight is 536 g/mol. The number of nitrogens with zero attached hydrogens (tertiary/aromatic N) is 7. The van der Waals surface area contributed by atoms with Gasteiger partial charge in [-0.15, -0.1) is 6.42 Å². The number of anilines is 1. The zero-order valence-corrected chi connectivity index (χ0v) is 22.4. The van der Waals surface area contributed by atoms with E-state index in [1.165, 1.54) is 25.1 Å². The molecule has 4 aromatic heterocycles. The predicted molar refractivity (Wildman–Crippen MR) is 149 cm³/mol. The number of piperazine rings is 1. The highest BCUT2D eigenvalue weighted by molar-refractivity contribution is 5.85. The van der Waals surface area contributed by atoms with E-state index < -0.39 is 5.60 Å². The SMILES string of the molecule is C#C[C@@](C)(O)COc1cc(-c2ccc(N3CC4CC(C3)N4Cc3ccc(OC)nc3)nc2)c2c(C#N)cnn2c1. The van der Waals surface area contributed by atoms with Crippen molar-refractivity contribution in [1.29, 1.82) is 5.26 Å². The van der Waals surface area contributed by atoms with Crippen molar-refractivity contribution >= 4 is 11.3 Å². The predicted octanol–water partition coefficient (Wildman–Crippen LogP) is 2.90. The Bertz CT molecular complexity index is 1600. The summed E-state index contributed by atoms with van der Waals surface area (Å²) in [5.74, 6) is 4.33. The van der Waals surface area contributed by atoms with Crippen molar-refractivity contribution in [2.24, 2.45) is 0 Å². The Morgan fingerprint density at radius 3 is 2.62 bits per heavy atom. The first kappa shape index (κ1) is 25.6. The van der Waals surface area contributed by atoms with Crippen molar-refractivity contribution in [2.75, 3.05) is 31.7 Å². The van der Waals surface area contributed by atoms with Crippen molar-refractivity contribution in [3.05, 3.63) is 66.2 Å². The third kappa shape index (κ3) is 4.79. The van der Waals surface area contributed by atoms with Gasteiger partial charge in [-0.1, -0.05) is 12.0 Å². The molecule has 0 aromatic carbocycles. The minimum absolute atomic E-state index is 0.0820. The zero-order chi connectivity index (χ0) is 27.9. The van der Waals surface area contributed by atoms with E-state index in [2.05, 4.69) is 37.9 Å². The average Bonchev–Trinajstić information content (AvgIpc) is 3.42. The van der Waals surface area contributed by atoms with Gasteiger partial charge in [0.25, 0.3) is 0 Å². The van der Waals surface area contributed by atoms with Crippen molar-refractivity contribution < 1.29 is 14.6 Å². The molecule has 202 valence electrons. The molecule has 2 bridgehead atoms. The van der Waals surface area contributed by atoms with Crippen molar-refractivity contribution in [2.45, 2.75) is 37.6 Å². The van der Waals surface area contributed by atoms with E-state index in [1.807, 2.05) is 36.7 Å². The molecule has 10 nitrogen and oxygen atoms in total. The molecular formula is C30H29N7O3. The van der Waals surface area contributed by atoms with E-state index in [0.717, 1.165) is 36.6 Å². The van der Waals surface area contributed by atoms with Crippen molar-refractivity contribution in [1.82, 2.24) is 24.5 Å². The van der Waals surface area contributed by atoms with Crippen molar-refractivity contribution in [3.63, 3.8) is 0 Å². The third-order valence-electron chi connectivity index (χ3n) is 7.64. The molecule has 0 saturated carbocycles. The van der Waals surface area contributed by atoms with E-state index in [-0.39, 0.29) is 6.61 Å². The topological polar surface area (TPSA) is 112 Å². The van der Waals surface area contributed by atoms with Gasteiger partial charge in [0.2, 0.25) is 5.88 Å². The quantitative estimate of drug-likeness (QED) is 0.340. The summed E-state index contributed by atoms with van der Waals surface area (Å²) in [7, 11) is 1.62. The summed E-state index contributed by atoms with van der Waals surface area (Å²) in [6.07, 6.45) is 13.5. The Kier molecular flexibility index (Phi) is 6.51. The van der Waals surface area contributed by atoms with Gasteiger partial charge in [-0.05, 0) is 37.1 Å². The molecule has 2 unspecified atom stereocenters. The molecule has 7 heterocycles. The second-order valence-corrected chi connectivity index (χ2v) is 10.5. The van der Waals surface area contributed by atoms with E-state index in [1.54, 1.807) is 17.8 Å². The number of methoxy groups -OCH3 is 1. The molecule has 3 atom stereocenters. The Morgan fingerprint density at radius 2 is 1.98 bits per heavy atom. The molecule has 1 N–H and O–H groups in total. The van der Waals surface area contributed by atoms with Gasteiger partial charge in [0.15, 0.2) is 5.60 Å². The van der Waals surface area contributed by atoms with Gasteiger partial charge in [0.1, 0.15) is 24.2 Å². The molecule has 0 aliphatic carbocycles. The summed E-state index contributed by atoms with van der Waals surface area (Å²) in [5.41, 5.74) is 2.47. The molecule has 3 saturated heterocycles. The van der Waals surface area contributed by atoms with Crippen LogP contribution in [0.25, 0.3) is 16.6 Å². The fourth-order valence-corrected chi connectivity index (χ4v) is 5.44. The van der Waals surface area contributed by atoms with Crippen LogP contribution >= 0.6 is 0 Å². The number of rotatable bonds is 8. The molecule has 3 aliphatic rings. The number of nitriles is 1. The highest BCUT2D eigenvalue weighted by Crippen LogP contribution is 2.36. The smallest absolute Gasteiger partial charge is 0.212 e. The lowest BCUT2D eigenvalue weighted by atomic mass is 9.87. The molecular weight excluding hydrogens is 506 g/mol. The summed E-state index contributed by atoms with van der Waals surface area (Å²) < 4.78 is 12.6. The van der Waals surface area contributed by atoms with Crippen LogP contribution in [0.1, 0.15) is 24.5 Å². The van der Waals surface area contributed by atoms with Gasteiger partial charge in [-0.25, -0.2) is 14.5 Å². The Hall–Kier alpha value is -4.64. The molecule has 0 radical (unpaired) electrons. The largest absolute Gasteiger partial charge is 0.488 e. The number of terminal acetylenes is 1. The van der Waals surface area contributed by atoms with Crippen LogP contribution < -0.4 is 14.4 Å². The summed E-state index contributed by atoms with van der Waals surface area (Å²) in [5, 5.41) is 24.1. The number of aromatic nitrogens is 4. The molecule has 0 spiro atoms. The monoisotopic (exact) mass is 535 g/mol. The number of hydrogen-bond donors (Lipinski definition) is 1. The minimum atomic E-state index is -1.41. The zero-order valence-electron chi connectivity index (χ0n) is 22.4. The van der Waals surface area contributed by atoms with Gasteiger partial charge in [0, 0.05) is 61.3 Å². The van der Waals surface area contributed by atoms with E-state index in [4.69, 9.17) is 20.9 Å². The summed E-state index contributed by atoms with van der Waals surface area (Å²) in [6.45, 7) is 4.13. The number of aliphatic hydroxyl groups is 1. The Balaban J connectivity index is 1.19. The first-order valence-corrected chi connectivity index (χ1v) is 13.1. The van der Waals surface area contributed by atoms with Crippen LogP contribution in [0.3, 0.4) is 0 Å². The minimum Gasteiger partial charge on any atom is -0.488 e. The maximum Gasteiger partial charge on any atom is 0.212 e. The second kappa shape index (κ2) is 10.2. The maximum absolute atomic E-state index is 10.2. The number of ether oxygens (including phenoxy) is 2. The first-order chi connectivity index (χ1) is 19.4. The van der Waals surface area contributed by atoms with E-state index in [0.29, 0.717) is 34.8 Å². The molecule has 40 heavy (non-hydrogen) atoms. The van der Waals surface area contributed by atoms with Crippen LogP contribution in [0, 0.1) is 23.7 Å². The molecule has 4 aromatic rings. The van der Waals surface area contributed by atoms with Gasteiger partial charge in [-0.3, -0.25) is 4.90 Å². The fourth-order valence-electron chi connectivity index (χ4n) is 5.44. The first-order valence-electron chi connectivity index (χ1n) is 13.1. The van der Waals surface area contributed by atoms with Gasteiger partial charge in [0.05, 0.1) is 30.6 Å². The molecule has 3 fully saturated rings. The van der Waals surface area contributed by atoms with Gasteiger partial charge in [-0.2, -0.15) is 10.4 Å². The number of hydrogen-bond acceptors (Lipinski definition) is 9. The van der Waals surface area contributed by atoms with Crippen LogP contribution in [0.4, 0.5) is 5.82 Å². The number of piperidine rings is 1. The molecule has 3 aliphatic heterocycles. The summed E-state index contributed by atoms with van der Waals surface area (Å²) in [4.78, 5) is 14.0. The van der Waals surface area contributed by atoms with Crippen LogP contribution in [0.5, 0.6) is 11.6 Å². The van der Waals surface area contributed by atoms with Crippen LogP contribution in [0.2, 0.25) is 0 Å². The van der Waals surface area contributed by atoms with Crippen LogP contribution in [-0.2, 0) is 6.54 Å². The highest BCUT2D eigenvalue weighted by Gasteiger charge is 2.44. The van der Waals surface area contributed by atoms with Gasteiger partial charge < -0.3 is 19.5 Å². The van der Waals surface area contributed by atoms with E-state index in [9.17, 15) is 10.4 Å². The Morgan fingerprint density at radius 1 is 1.15 bits per heavy atom. The normalized spacial score (nSPS) is 19.8. The fraction of sp³-hybridized carbons (Fsp3) is 0.333. The maximum atomic E-state index is 10.2. The second-order valence-electron chi connectivity index (χ2n) is 10.5. The van der Waals surface area contributed by atoms with Crippen LogP contribution in [0.15, 0.2) is 55.1 Å². The standard InChI is InChI=1S/C30H29N7O3/c1-4-30(2,38)19-40-25-10-26(29-22(11-31)14-34-37(29)18-25)21-6-7-27(32-13-21)35-16-23-9-24(17-35)36(23)15-20-5-8-28(39-3)33-12-20/h1,5-8,10,12-14,18,23-24,38H,9,15-17,19H2,2-3H3/t23?,24?,30-/m1/s1. The highest BCUT2D eigenvalue weighted by atomic mass is 16.5. The lowest BCUT2D eigenvalue weighted by Gasteiger charge is -2.56. The van der Waals surface area contributed by atoms with E-state index >= 15 is 0 Å². The van der Waals surface area contributed by atoms with Gasteiger partial charge >= 0.3 is 0 Å². The van der Waals surface area contributed by atoms with Crippen LogP contribution in [-0.4, -0.2) is 74.1 Å². The third-order valence-corrected chi connectivity index (χ3v) is 7.64. The Labute approximate surface area is 232 Å².